The molecule has 0 fully saturated rings. The van der Waals surface area contributed by atoms with E-state index < -0.39 is 0 Å². The molecule has 0 aromatic carbocycles. The van der Waals surface area contributed by atoms with Crippen LogP contribution >= 0.6 is 11.3 Å². The van der Waals surface area contributed by atoms with Crippen molar-refractivity contribution in [3.63, 3.8) is 0 Å². The van der Waals surface area contributed by atoms with Crippen LogP contribution in [0.25, 0.3) is 0 Å². The van der Waals surface area contributed by atoms with Crippen molar-refractivity contribution in [2.75, 3.05) is 0 Å². The minimum Gasteiger partial charge on any atom is -0.346 e. The van der Waals surface area contributed by atoms with Crippen LogP contribution in [0.1, 0.15) is 28.5 Å². The largest absolute Gasteiger partial charge is 0.346 e. The van der Waals surface area contributed by atoms with Gasteiger partial charge in [0.25, 0.3) is 0 Å². The molecule has 2 aromatic heterocycles. The van der Waals surface area contributed by atoms with Crippen LogP contribution < -0.4 is 5.32 Å². The SMILES string of the molecule is Cc1nc(C(C)NC(=O)Cn2ccnn2)c(C)s1. The summed E-state index contributed by atoms with van der Waals surface area (Å²) >= 11 is 1.64. The first-order valence-electron chi connectivity index (χ1n) is 5.63. The number of nitrogens with zero attached hydrogens (tertiary/aromatic N) is 4. The van der Waals surface area contributed by atoms with Gasteiger partial charge >= 0.3 is 0 Å². The van der Waals surface area contributed by atoms with E-state index in [2.05, 4.69) is 20.6 Å². The van der Waals surface area contributed by atoms with Crippen molar-refractivity contribution in [2.45, 2.75) is 33.4 Å². The van der Waals surface area contributed by atoms with E-state index in [1.165, 1.54) is 4.68 Å². The summed E-state index contributed by atoms with van der Waals surface area (Å²) in [5.41, 5.74) is 0.935. The Bertz CT molecular complexity index is 534. The van der Waals surface area contributed by atoms with Crippen LogP contribution in [0.2, 0.25) is 0 Å². The molecule has 2 heterocycles. The van der Waals surface area contributed by atoms with Gasteiger partial charge in [0, 0.05) is 11.1 Å². The standard InChI is InChI=1S/C11H15N5OS/c1-7(11-8(2)18-9(3)14-11)13-10(17)6-16-5-4-12-15-16/h4-5,7H,6H2,1-3H3,(H,13,17). The fourth-order valence-electron chi connectivity index (χ4n) is 1.77. The second kappa shape index (κ2) is 5.26. The highest BCUT2D eigenvalue weighted by atomic mass is 32.1. The average Bonchev–Trinajstić information content (AvgIpc) is 2.88. The molecule has 0 bridgehead atoms. The van der Waals surface area contributed by atoms with Crippen molar-refractivity contribution in [2.24, 2.45) is 0 Å². The average molecular weight is 265 g/mol. The van der Waals surface area contributed by atoms with Crippen molar-refractivity contribution in [1.82, 2.24) is 25.3 Å². The molecule has 0 saturated carbocycles. The second-order valence-corrected chi connectivity index (χ2v) is 5.47. The van der Waals surface area contributed by atoms with Gasteiger partial charge in [0.2, 0.25) is 5.91 Å². The Morgan fingerprint density at radius 1 is 1.56 bits per heavy atom. The van der Waals surface area contributed by atoms with E-state index in [0.29, 0.717) is 0 Å². The van der Waals surface area contributed by atoms with Crippen LogP contribution in [0.4, 0.5) is 0 Å². The number of rotatable bonds is 4. The minimum atomic E-state index is -0.0990. The molecular weight excluding hydrogens is 250 g/mol. The molecule has 1 N–H and O–H groups in total. The van der Waals surface area contributed by atoms with E-state index in [9.17, 15) is 4.79 Å². The Kier molecular flexibility index (Phi) is 3.71. The van der Waals surface area contributed by atoms with Gasteiger partial charge in [-0.05, 0) is 20.8 Å². The van der Waals surface area contributed by atoms with Crippen molar-refractivity contribution >= 4 is 17.2 Å². The monoisotopic (exact) mass is 265 g/mol. The van der Waals surface area contributed by atoms with Gasteiger partial charge in [-0.3, -0.25) is 4.79 Å². The number of thiazole rings is 1. The van der Waals surface area contributed by atoms with Crippen molar-refractivity contribution in [3.05, 3.63) is 28.0 Å². The molecule has 0 aliphatic rings. The summed E-state index contributed by atoms with van der Waals surface area (Å²) in [4.78, 5) is 17.4. The number of amides is 1. The fourth-order valence-corrected chi connectivity index (χ4v) is 2.68. The third-order valence-corrected chi connectivity index (χ3v) is 3.41. The quantitative estimate of drug-likeness (QED) is 0.902. The van der Waals surface area contributed by atoms with Crippen LogP contribution in [0, 0.1) is 13.8 Å². The molecule has 0 spiro atoms. The van der Waals surface area contributed by atoms with E-state index in [4.69, 9.17) is 0 Å². The Morgan fingerprint density at radius 3 is 2.89 bits per heavy atom. The molecule has 0 aliphatic carbocycles. The molecule has 18 heavy (non-hydrogen) atoms. The lowest BCUT2D eigenvalue weighted by Gasteiger charge is -2.12. The lowest BCUT2D eigenvalue weighted by Crippen LogP contribution is -2.30. The van der Waals surface area contributed by atoms with Crippen LogP contribution in [0.15, 0.2) is 12.4 Å². The summed E-state index contributed by atoms with van der Waals surface area (Å²) in [5.74, 6) is -0.0990. The molecular formula is C11H15N5OS. The normalized spacial score (nSPS) is 12.4. The Hall–Kier alpha value is -1.76. The predicted octanol–water partition coefficient (Wildman–Crippen LogP) is 1.23. The first-order valence-corrected chi connectivity index (χ1v) is 6.45. The Morgan fingerprint density at radius 2 is 2.33 bits per heavy atom. The highest BCUT2D eigenvalue weighted by Crippen LogP contribution is 2.22. The van der Waals surface area contributed by atoms with Crippen molar-refractivity contribution in [3.8, 4) is 0 Å². The summed E-state index contributed by atoms with van der Waals surface area (Å²) in [7, 11) is 0. The maximum Gasteiger partial charge on any atom is 0.242 e. The molecule has 0 saturated heterocycles. The number of carbonyl (C=O) groups excluding carboxylic acids is 1. The summed E-state index contributed by atoms with van der Waals surface area (Å²) in [6, 6.07) is -0.0917. The number of carbonyl (C=O) groups is 1. The molecule has 6 nitrogen and oxygen atoms in total. The van der Waals surface area contributed by atoms with Gasteiger partial charge < -0.3 is 5.32 Å². The molecule has 2 rings (SSSR count). The van der Waals surface area contributed by atoms with Crippen LogP contribution in [-0.2, 0) is 11.3 Å². The molecule has 96 valence electrons. The predicted molar refractivity (Wildman–Crippen MR) is 68.2 cm³/mol. The fraction of sp³-hybridized carbons (Fsp3) is 0.455. The van der Waals surface area contributed by atoms with Crippen LogP contribution in [-0.4, -0.2) is 25.9 Å². The maximum absolute atomic E-state index is 11.8. The number of aryl methyl sites for hydroxylation is 2. The molecule has 0 radical (unpaired) electrons. The summed E-state index contributed by atoms with van der Waals surface area (Å²) in [6.45, 7) is 6.08. The number of aromatic nitrogens is 4. The van der Waals surface area contributed by atoms with Gasteiger partial charge in [0.15, 0.2) is 0 Å². The van der Waals surface area contributed by atoms with Gasteiger partial charge in [0.05, 0.1) is 22.9 Å². The second-order valence-electron chi connectivity index (χ2n) is 4.06. The lowest BCUT2D eigenvalue weighted by molar-refractivity contribution is -0.122. The molecule has 1 atom stereocenters. The lowest BCUT2D eigenvalue weighted by atomic mass is 10.2. The summed E-state index contributed by atoms with van der Waals surface area (Å²) in [6.07, 6.45) is 3.20. The molecule has 1 amide bonds. The first-order chi connectivity index (χ1) is 8.56. The number of hydrogen-bond donors (Lipinski definition) is 1. The first kappa shape index (κ1) is 12.7. The van der Waals surface area contributed by atoms with E-state index >= 15 is 0 Å². The van der Waals surface area contributed by atoms with Crippen LogP contribution in [0.5, 0.6) is 0 Å². The van der Waals surface area contributed by atoms with Crippen LogP contribution in [0.3, 0.4) is 0 Å². The third kappa shape index (κ3) is 2.92. The number of nitrogens with one attached hydrogen (secondary N) is 1. The van der Waals surface area contributed by atoms with E-state index in [0.717, 1.165) is 15.6 Å². The van der Waals surface area contributed by atoms with Gasteiger partial charge in [-0.2, -0.15) is 0 Å². The van der Waals surface area contributed by atoms with Gasteiger partial charge in [-0.15, -0.1) is 16.4 Å². The van der Waals surface area contributed by atoms with Gasteiger partial charge in [0.1, 0.15) is 6.54 Å². The summed E-state index contributed by atoms with van der Waals surface area (Å²) < 4.78 is 1.49. The molecule has 2 aromatic rings. The maximum atomic E-state index is 11.8. The minimum absolute atomic E-state index is 0.0917. The summed E-state index contributed by atoms with van der Waals surface area (Å²) in [5, 5.41) is 11.3. The molecule has 0 aliphatic heterocycles. The molecule has 1 unspecified atom stereocenters. The zero-order valence-corrected chi connectivity index (χ0v) is 11.4. The third-order valence-electron chi connectivity index (χ3n) is 2.50. The topological polar surface area (TPSA) is 72.7 Å². The Labute approximate surface area is 109 Å². The number of hydrogen-bond acceptors (Lipinski definition) is 5. The van der Waals surface area contributed by atoms with Gasteiger partial charge in [-0.25, -0.2) is 9.67 Å². The highest BCUT2D eigenvalue weighted by molar-refractivity contribution is 7.11. The van der Waals surface area contributed by atoms with E-state index in [1.54, 1.807) is 23.7 Å². The van der Waals surface area contributed by atoms with Gasteiger partial charge in [-0.1, -0.05) is 5.21 Å². The van der Waals surface area contributed by atoms with E-state index in [1.807, 2.05) is 20.8 Å². The Balaban J connectivity index is 1.97. The molecule has 7 heteroatoms. The highest BCUT2D eigenvalue weighted by Gasteiger charge is 2.15. The smallest absolute Gasteiger partial charge is 0.242 e. The van der Waals surface area contributed by atoms with Crippen molar-refractivity contribution < 1.29 is 4.79 Å². The zero-order chi connectivity index (χ0) is 13.1. The van der Waals surface area contributed by atoms with Crippen molar-refractivity contribution in [1.29, 1.82) is 0 Å². The van der Waals surface area contributed by atoms with E-state index in [-0.39, 0.29) is 18.5 Å². The zero-order valence-electron chi connectivity index (χ0n) is 10.5.